The monoisotopic (exact) mass is 230 g/mol. The summed E-state index contributed by atoms with van der Waals surface area (Å²) < 4.78 is 9.99. The largest absolute Gasteiger partial charge is 0.354 e. The Kier molecular flexibility index (Phi) is 6.37. The van der Waals surface area contributed by atoms with Gasteiger partial charge in [-0.05, 0) is 31.8 Å². The molecule has 0 atom stereocenters. The van der Waals surface area contributed by atoms with Crippen molar-refractivity contribution >= 4 is 5.91 Å². The van der Waals surface area contributed by atoms with E-state index in [4.69, 9.17) is 9.47 Å². The van der Waals surface area contributed by atoms with Crippen molar-refractivity contribution in [3.8, 4) is 0 Å². The fraction of sp³-hybridized carbons (Fsp3) is 0.909. The Balaban J connectivity index is 2.14. The van der Waals surface area contributed by atoms with E-state index in [1.807, 2.05) is 0 Å². The third-order valence-electron chi connectivity index (χ3n) is 2.92. The Bertz CT molecular complexity index is 201. The molecule has 1 heterocycles. The van der Waals surface area contributed by atoms with E-state index < -0.39 is 0 Å². The van der Waals surface area contributed by atoms with Crippen molar-refractivity contribution < 1.29 is 14.3 Å². The van der Waals surface area contributed by atoms with E-state index in [0.717, 1.165) is 25.9 Å². The Labute approximate surface area is 96.9 Å². The summed E-state index contributed by atoms with van der Waals surface area (Å²) in [4.78, 5) is 11.6. The fourth-order valence-electron chi connectivity index (χ4n) is 1.88. The second-order valence-corrected chi connectivity index (χ2v) is 4.10. The first-order chi connectivity index (χ1) is 7.76. The van der Waals surface area contributed by atoms with E-state index >= 15 is 0 Å². The van der Waals surface area contributed by atoms with Crippen LogP contribution in [0.15, 0.2) is 0 Å². The molecule has 0 saturated carbocycles. The zero-order chi connectivity index (χ0) is 11.8. The van der Waals surface area contributed by atoms with E-state index in [9.17, 15) is 4.79 Å². The van der Waals surface area contributed by atoms with Gasteiger partial charge in [0.2, 0.25) is 5.91 Å². The normalized spacial score (nSPS) is 17.7. The predicted octanol–water partition coefficient (Wildman–Crippen LogP) is 0.111. The van der Waals surface area contributed by atoms with Crippen LogP contribution in [0.3, 0.4) is 0 Å². The number of ether oxygens (including phenoxy) is 2. The van der Waals surface area contributed by atoms with Gasteiger partial charge in [-0.25, -0.2) is 0 Å². The number of hydrogen-bond donors (Lipinski definition) is 2. The number of hydrogen-bond acceptors (Lipinski definition) is 4. The highest BCUT2D eigenvalue weighted by Crippen LogP contribution is 2.15. The van der Waals surface area contributed by atoms with E-state index in [2.05, 4.69) is 10.6 Å². The van der Waals surface area contributed by atoms with E-state index in [1.54, 1.807) is 14.2 Å². The van der Waals surface area contributed by atoms with Crippen LogP contribution in [0.5, 0.6) is 0 Å². The number of amides is 1. The van der Waals surface area contributed by atoms with E-state index in [-0.39, 0.29) is 12.2 Å². The molecular formula is C11H22N2O3. The summed E-state index contributed by atoms with van der Waals surface area (Å²) in [6.07, 6.45) is 2.44. The third-order valence-corrected chi connectivity index (χ3v) is 2.92. The molecule has 5 heteroatoms. The third kappa shape index (κ3) is 4.92. The van der Waals surface area contributed by atoms with Crippen molar-refractivity contribution in [2.24, 2.45) is 5.92 Å². The SMILES string of the molecule is COC(CNC(=O)CC1CCNCC1)OC. The standard InChI is InChI=1S/C11H22N2O3/c1-15-11(16-2)8-13-10(14)7-9-3-5-12-6-4-9/h9,11-12H,3-8H2,1-2H3,(H,13,14). The van der Waals surface area contributed by atoms with Crippen molar-refractivity contribution in [3.63, 3.8) is 0 Å². The Hall–Kier alpha value is -0.650. The quantitative estimate of drug-likeness (QED) is 0.636. The lowest BCUT2D eigenvalue weighted by molar-refractivity contribution is -0.128. The molecule has 1 aliphatic heterocycles. The molecule has 0 spiro atoms. The van der Waals surface area contributed by atoms with Crippen molar-refractivity contribution in [1.29, 1.82) is 0 Å². The summed E-state index contributed by atoms with van der Waals surface area (Å²) in [5, 5.41) is 6.11. The summed E-state index contributed by atoms with van der Waals surface area (Å²) in [6.45, 7) is 2.46. The molecule has 1 rings (SSSR count). The molecule has 5 nitrogen and oxygen atoms in total. The fourth-order valence-corrected chi connectivity index (χ4v) is 1.88. The minimum atomic E-state index is -0.350. The summed E-state index contributed by atoms with van der Waals surface area (Å²) in [6, 6.07) is 0. The van der Waals surface area contributed by atoms with Crippen LogP contribution >= 0.6 is 0 Å². The van der Waals surface area contributed by atoms with Gasteiger partial charge in [-0.2, -0.15) is 0 Å². The van der Waals surface area contributed by atoms with Crippen molar-refractivity contribution in [2.75, 3.05) is 33.9 Å². The highest BCUT2D eigenvalue weighted by molar-refractivity contribution is 5.76. The zero-order valence-corrected chi connectivity index (χ0v) is 10.1. The summed E-state index contributed by atoms with van der Waals surface area (Å²) in [7, 11) is 3.13. The van der Waals surface area contributed by atoms with Gasteiger partial charge in [0, 0.05) is 20.6 Å². The molecular weight excluding hydrogens is 208 g/mol. The van der Waals surface area contributed by atoms with Gasteiger partial charge >= 0.3 is 0 Å². The van der Waals surface area contributed by atoms with Gasteiger partial charge in [-0.15, -0.1) is 0 Å². The highest BCUT2D eigenvalue weighted by atomic mass is 16.7. The van der Waals surface area contributed by atoms with Crippen LogP contribution in [0.1, 0.15) is 19.3 Å². The minimum absolute atomic E-state index is 0.0889. The van der Waals surface area contributed by atoms with E-state index in [1.165, 1.54) is 0 Å². The Morgan fingerprint density at radius 1 is 1.38 bits per heavy atom. The molecule has 16 heavy (non-hydrogen) atoms. The van der Waals surface area contributed by atoms with E-state index in [0.29, 0.717) is 18.9 Å². The molecule has 1 amide bonds. The van der Waals surface area contributed by atoms with Crippen LogP contribution < -0.4 is 10.6 Å². The van der Waals surface area contributed by atoms with Crippen LogP contribution in [-0.2, 0) is 14.3 Å². The lowest BCUT2D eigenvalue weighted by Crippen LogP contribution is -2.36. The van der Waals surface area contributed by atoms with Crippen LogP contribution in [0.2, 0.25) is 0 Å². The Morgan fingerprint density at radius 2 is 2.00 bits per heavy atom. The summed E-state index contributed by atoms with van der Waals surface area (Å²) in [5.74, 6) is 0.607. The topological polar surface area (TPSA) is 59.6 Å². The predicted molar refractivity (Wildman–Crippen MR) is 61.0 cm³/mol. The number of carbonyl (C=O) groups is 1. The molecule has 1 saturated heterocycles. The molecule has 1 aliphatic rings. The maximum absolute atomic E-state index is 11.6. The number of nitrogens with one attached hydrogen (secondary N) is 2. The van der Waals surface area contributed by atoms with Gasteiger partial charge in [0.05, 0.1) is 6.54 Å². The first-order valence-electron chi connectivity index (χ1n) is 5.79. The molecule has 94 valence electrons. The Morgan fingerprint density at radius 3 is 2.56 bits per heavy atom. The minimum Gasteiger partial charge on any atom is -0.354 e. The second-order valence-electron chi connectivity index (χ2n) is 4.10. The van der Waals surface area contributed by atoms with Crippen LogP contribution in [0, 0.1) is 5.92 Å². The number of methoxy groups -OCH3 is 2. The molecule has 0 bridgehead atoms. The maximum Gasteiger partial charge on any atom is 0.220 e. The van der Waals surface area contributed by atoms with Crippen molar-refractivity contribution in [3.05, 3.63) is 0 Å². The van der Waals surface area contributed by atoms with Gasteiger partial charge in [-0.1, -0.05) is 0 Å². The van der Waals surface area contributed by atoms with Gasteiger partial charge in [-0.3, -0.25) is 4.79 Å². The number of rotatable bonds is 6. The van der Waals surface area contributed by atoms with Crippen LogP contribution in [0.25, 0.3) is 0 Å². The van der Waals surface area contributed by atoms with Crippen LogP contribution in [-0.4, -0.2) is 46.1 Å². The van der Waals surface area contributed by atoms with Gasteiger partial charge in [0.15, 0.2) is 6.29 Å². The van der Waals surface area contributed by atoms with Crippen molar-refractivity contribution in [2.45, 2.75) is 25.6 Å². The summed E-state index contributed by atoms with van der Waals surface area (Å²) >= 11 is 0. The zero-order valence-electron chi connectivity index (χ0n) is 10.1. The molecule has 0 radical (unpaired) electrons. The maximum atomic E-state index is 11.6. The summed E-state index contributed by atoms with van der Waals surface area (Å²) in [5.41, 5.74) is 0. The molecule has 2 N–H and O–H groups in total. The molecule has 0 aromatic heterocycles. The first kappa shape index (κ1) is 13.4. The van der Waals surface area contributed by atoms with Gasteiger partial charge < -0.3 is 20.1 Å². The number of piperidine rings is 1. The second kappa shape index (κ2) is 7.60. The highest BCUT2D eigenvalue weighted by Gasteiger charge is 2.17. The number of carbonyl (C=O) groups excluding carboxylic acids is 1. The van der Waals surface area contributed by atoms with Crippen LogP contribution in [0.4, 0.5) is 0 Å². The molecule has 0 aromatic carbocycles. The average Bonchev–Trinajstić information content (AvgIpc) is 2.31. The lowest BCUT2D eigenvalue weighted by Gasteiger charge is -2.22. The molecule has 1 fully saturated rings. The molecule has 0 unspecified atom stereocenters. The smallest absolute Gasteiger partial charge is 0.220 e. The molecule has 0 aromatic rings. The lowest BCUT2D eigenvalue weighted by atomic mass is 9.94. The first-order valence-corrected chi connectivity index (χ1v) is 5.79. The average molecular weight is 230 g/mol. The van der Waals surface area contributed by atoms with Crippen molar-refractivity contribution in [1.82, 2.24) is 10.6 Å². The van der Waals surface area contributed by atoms with Gasteiger partial charge in [0.25, 0.3) is 0 Å². The van der Waals surface area contributed by atoms with Gasteiger partial charge in [0.1, 0.15) is 0 Å². The molecule has 0 aliphatic carbocycles.